The van der Waals surface area contributed by atoms with Gasteiger partial charge < -0.3 is 5.32 Å². The fourth-order valence-corrected chi connectivity index (χ4v) is 4.47. The fraction of sp³-hybridized carbons (Fsp3) is 0.500. The molecule has 2 aromatic rings. The summed E-state index contributed by atoms with van der Waals surface area (Å²) in [7, 11) is 0. The number of carbonyl (C=O) groups is 1. The van der Waals surface area contributed by atoms with Gasteiger partial charge in [-0.1, -0.05) is 29.3 Å². The molecule has 2 heterocycles. The molecule has 1 fully saturated rings. The van der Waals surface area contributed by atoms with Gasteiger partial charge in [0.05, 0.1) is 15.7 Å². The largest absolute Gasteiger partial charge is 0.319 e. The van der Waals surface area contributed by atoms with Crippen LogP contribution in [0.4, 0.5) is 11.5 Å². The lowest BCUT2D eigenvalue weighted by atomic mass is 9.90. The van der Waals surface area contributed by atoms with Crippen molar-refractivity contribution in [3.05, 3.63) is 45.3 Å². The number of nitrogens with two attached hydrogens (primary N) is 1. The van der Waals surface area contributed by atoms with Gasteiger partial charge in [0.2, 0.25) is 5.28 Å². The predicted molar refractivity (Wildman–Crippen MR) is 132 cm³/mol. The van der Waals surface area contributed by atoms with Crippen molar-refractivity contribution in [2.75, 3.05) is 30.0 Å². The van der Waals surface area contributed by atoms with Crippen LogP contribution in [0, 0.1) is 5.92 Å². The summed E-state index contributed by atoms with van der Waals surface area (Å²) in [5.74, 6) is 6.67. The van der Waals surface area contributed by atoms with Crippen LogP contribution in [-0.4, -0.2) is 45.9 Å². The summed E-state index contributed by atoms with van der Waals surface area (Å²) < 4.78 is 0. The van der Waals surface area contributed by atoms with Crippen LogP contribution in [0.2, 0.25) is 15.3 Å². The molecule has 1 aliphatic rings. The van der Waals surface area contributed by atoms with Crippen LogP contribution in [0.5, 0.6) is 0 Å². The number of likely N-dealkylation sites (tertiary alicyclic amines) is 1. The van der Waals surface area contributed by atoms with Crippen LogP contribution in [0.3, 0.4) is 0 Å². The average molecular weight is 500 g/mol. The number of hydrogen-bond donors (Lipinski definition) is 2. The zero-order valence-electron chi connectivity index (χ0n) is 18.5. The smallest absolute Gasteiger partial charge is 0.261 e. The Bertz CT molecular complexity index is 937. The lowest BCUT2D eigenvalue weighted by Crippen LogP contribution is -2.46. The minimum absolute atomic E-state index is 0.0151. The normalized spacial score (nSPS) is 15.6. The number of aromatic nitrogens is 2. The summed E-state index contributed by atoms with van der Waals surface area (Å²) in [4.78, 5) is 23.6. The van der Waals surface area contributed by atoms with E-state index >= 15 is 0 Å². The van der Waals surface area contributed by atoms with Crippen molar-refractivity contribution in [2.24, 2.45) is 11.8 Å². The number of hydrogen-bond acceptors (Lipinski definition) is 6. The van der Waals surface area contributed by atoms with Gasteiger partial charge in [-0.15, -0.1) is 0 Å². The van der Waals surface area contributed by atoms with E-state index in [1.807, 2.05) is 0 Å². The third kappa shape index (κ3) is 6.23. The second kappa shape index (κ2) is 10.5. The Morgan fingerprint density at radius 2 is 1.84 bits per heavy atom. The molecule has 10 heteroatoms. The number of nitrogens with zero attached hydrogens (tertiary/aromatic N) is 4. The highest BCUT2D eigenvalue weighted by Gasteiger charge is 2.27. The monoisotopic (exact) mass is 498 g/mol. The molecule has 1 aromatic heterocycles. The maximum atomic E-state index is 13.0. The molecule has 1 saturated heterocycles. The number of benzene rings is 1. The third-order valence-corrected chi connectivity index (χ3v) is 6.61. The minimum atomic E-state index is -0.472. The van der Waals surface area contributed by atoms with Crippen LogP contribution in [0.1, 0.15) is 50.4 Å². The Labute approximate surface area is 204 Å². The number of rotatable bonds is 6. The van der Waals surface area contributed by atoms with E-state index < -0.39 is 5.91 Å². The van der Waals surface area contributed by atoms with E-state index in [2.05, 4.69) is 41.0 Å². The Kier molecular flexibility index (Phi) is 8.22. The maximum Gasteiger partial charge on any atom is 0.261 e. The van der Waals surface area contributed by atoms with Crippen LogP contribution in [0.15, 0.2) is 24.4 Å². The zero-order valence-corrected chi connectivity index (χ0v) is 20.8. The topological polar surface area (TPSA) is 87.4 Å². The second-order valence-corrected chi connectivity index (χ2v) is 10.2. The molecule has 0 spiro atoms. The van der Waals surface area contributed by atoms with Gasteiger partial charge in [0.1, 0.15) is 5.56 Å². The average Bonchev–Trinajstić information content (AvgIpc) is 2.74. The van der Waals surface area contributed by atoms with Gasteiger partial charge in [0, 0.05) is 18.3 Å². The molecule has 0 unspecified atom stereocenters. The number of anilines is 2. The highest BCUT2D eigenvalue weighted by molar-refractivity contribution is 6.40. The van der Waals surface area contributed by atoms with Crippen LogP contribution >= 0.6 is 34.8 Å². The summed E-state index contributed by atoms with van der Waals surface area (Å²) in [5, 5.41) is 4.86. The molecule has 0 atom stereocenters. The number of para-hydroxylation sites is 1. The third-order valence-electron chi connectivity index (χ3n) is 5.80. The van der Waals surface area contributed by atoms with Gasteiger partial charge in [0.15, 0.2) is 5.82 Å². The van der Waals surface area contributed by atoms with Gasteiger partial charge in [-0.3, -0.25) is 14.7 Å². The summed E-state index contributed by atoms with van der Waals surface area (Å²) >= 11 is 18.3. The fourth-order valence-electron chi connectivity index (χ4n) is 3.85. The first kappa shape index (κ1) is 25.0. The molecule has 32 heavy (non-hydrogen) atoms. The Hall–Kier alpha value is -1.64. The minimum Gasteiger partial charge on any atom is -0.319 e. The molecule has 7 nitrogen and oxygen atoms in total. The van der Waals surface area contributed by atoms with Crippen LogP contribution < -0.4 is 16.2 Å². The molecule has 3 rings (SSSR count). The number of hydrazine groups is 1. The SMILES string of the molecule is CC(C)(C)N1CCC(CCN(N)c2nc(Cl)ncc2C(=O)Nc2c(Cl)cccc2Cl)CC1. The molecule has 3 N–H and O–H groups in total. The summed E-state index contributed by atoms with van der Waals surface area (Å²) in [6.45, 7) is 9.43. The quantitative estimate of drug-likeness (QED) is 0.320. The molecule has 174 valence electrons. The maximum absolute atomic E-state index is 13.0. The van der Waals surface area contributed by atoms with Gasteiger partial charge in [-0.25, -0.2) is 10.8 Å². The van der Waals surface area contributed by atoms with Crippen molar-refractivity contribution in [3.63, 3.8) is 0 Å². The van der Waals surface area contributed by atoms with E-state index in [1.165, 1.54) is 11.2 Å². The lowest BCUT2D eigenvalue weighted by molar-refractivity contribution is 0.0858. The number of carbonyl (C=O) groups excluding carboxylic acids is 1. The first-order chi connectivity index (χ1) is 15.1. The molecule has 0 saturated carbocycles. The predicted octanol–water partition coefficient (Wildman–Crippen LogP) is 5.27. The van der Waals surface area contributed by atoms with Gasteiger partial charge in [-0.05, 0) is 82.8 Å². The highest BCUT2D eigenvalue weighted by atomic mass is 35.5. The van der Waals surface area contributed by atoms with E-state index in [9.17, 15) is 4.79 Å². The first-order valence-corrected chi connectivity index (χ1v) is 11.7. The summed E-state index contributed by atoms with van der Waals surface area (Å²) in [5.41, 5.74) is 0.696. The van der Waals surface area contributed by atoms with Crippen molar-refractivity contribution >= 4 is 52.2 Å². The van der Waals surface area contributed by atoms with E-state index in [1.54, 1.807) is 18.2 Å². The van der Waals surface area contributed by atoms with Gasteiger partial charge in [-0.2, -0.15) is 4.98 Å². The zero-order chi connectivity index (χ0) is 23.5. The molecular weight excluding hydrogens is 471 g/mol. The first-order valence-electron chi connectivity index (χ1n) is 10.6. The summed E-state index contributed by atoms with van der Waals surface area (Å²) in [6, 6.07) is 4.98. The van der Waals surface area contributed by atoms with Crippen molar-refractivity contribution in [2.45, 2.75) is 45.6 Å². The Morgan fingerprint density at radius 1 is 1.22 bits per heavy atom. The second-order valence-electron chi connectivity index (χ2n) is 9.01. The molecule has 1 aromatic carbocycles. The van der Waals surface area contributed by atoms with E-state index in [0.29, 0.717) is 28.2 Å². The molecule has 0 aliphatic carbocycles. The van der Waals surface area contributed by atoms with Gasteiger partial charge in [0.25, 0.3) is 5.91 Å². The Morgan fingerprint density at radius 3 is 2.44 bits per heavy atom. The highest BCUT2D eigenvalue weighted by Crippen LogP contribution is 2.31. The van der Waals surface area contributed by atoms with Crippen molar-refractivity contribution < 1.29 is 4.79 Å². The lowest BCUT2D eigenvalue weighted by Gasteiger charge is -2.41. The Balaban J connectivity index is 1.67. The molecule has 1 aliphatic heterocycles. The number of piperidine rings is 1. The summed E-state index contributed by atoms with van der Waals surface area (Å²) in [6.07, 6.45) is 4.49. The molecular formula is C22H29Cl3N6O. The van der Waals surface area contributed by atoms with Crippen LogP contribution in [-0.2, 0) is 0 Å². The number of nitrogens with one attached hydrogen (secondary N) is 1. The molecule has 1 amide bonds. The van der Waals surface area contributed by atoms with E-state index in [0.717, 1.165) is 32.4 Å². The van der Waals surface area contributed by atoms with Crippen molar-refractivity contribution in [1.82, 2.24) is 14.9 Å². The van der Waals surface area contributed by atoms with E-state index in [-0.39, 0.29) is 22.2 Å². The molecule has 0 radical (unpaired) electrons. The van der Waals surface area contributed by atoms with E-state index in [4.69, 9.17) is 40.6 Å². The van der Waals surface area contributed by atoms with Gasteiger partial charge >= 0.3 is 0 Å². The number of halogens is 3. The van der Waals surface area contributed by atoms with Crippen LogP contribution in [0.25, 0.3) is 0 Å². The molecule has 0 bridgehead atoms. The standard InChI is InChI=1S/C22H29Cl3N6O/c1-22(2,3)30-10-7-14(8-11-30)9-12-31(26)19-15(13-27-21(25)29-19)20(32)28-18-16(23)5-4-6-17(18)24/h4-6,13-14H,7-12,26H2,1-3H3,(H,28,32). The number of amides is 1. The van der Waals surface area contributed by atoms with Crippen molar-refractivity contribution in [1.29, 1.82) is 0 Å². The van der Waals surface area contributed by atoms with Crippen molar-refractivity contribution in [3.8, 4) is 0 Å².